The summed E-state index contributed by atoms with van der Waals surface area (Å²) in [6, 6.07) is 9.73. The summed E-state index contributed by atoms with van der Waals surface area (Å²) in [7, 11) is 0. The summed E-state index contributed by atoms with van der Waals surface area (Å²) in [6.07, 6.45) is 11.3. The number of benzene rings is 1. The van der Waals surface area contributed by atoms with Crippen molar-refractivity contribution in [2.24, 2.45) is 23.2 Å². The molecule has 4 bridgehead atoms. The molecule has 1 nitrogen and oxygen atoms in total. The molecule has 4 fully saturated rings. The lowest BCUT2D eigenvalue weighted by molar-refractivity contribution is -0.0706. The van der Waals surface area contributed by atoms with Crippen molar-refractivity contribution in [3.63, 3.8) is 0 Å². The Morgan fingerprint density at radius 1 is 1.05 bits per heavy atom. The summed E-state index contributed by atoms with van der Waals surface area (Å²) in [5.74, 6) is 3.16. The monoisotopic (exact) mass is 315 g/mol. The Labute approximate surface area is 139 Å². The van der Waals surface area contributed by atoms with Crippen LogP contribution in [0.1, 0.15) is 51.0 Å². The molecule has 4 aliphatic carbocycles. The van der Waals surface area contributed by atoms with Crippen molar-refractivity contribution in [1.29, 1.82) is 0 Å². The number of rotatable bonds is 5. The standard InChI is InChI=1S/C20H29NS/c1-14(21-13-15-3-5-19(22-2)6-4-15)20-10-16-7-17(11-20)9-18(8-16)12-20/h3-6,14,16-18,21H,7-13H2,1-2H3/t14-,16?,17?,18?,20?/m0/s1. The minimum Gasteiger partial charge on any atom is -0.310 e. The third-order valence-corrected chi connectivity index (χ3v) is 7.52. The lowest BCUT2D eigenvalue weighted by Gasteiger charge is -2.59. The first-order valence-electron chi connectivity index (χ1n) is 9.03. The Morgan fingerprint density at radius 3 is 2.09 bits per heavy atom. The SMILES string of the molecule is CSc1ccc(CN[C@@H](C)C23CC4CC(CC(C4)C2)C3)cc1. The van der Waals surface area contributed by atoms with E-state index >= 15 is 0 Å². The Bertz CT molecular complexity index is 486. The summed E-state index contributed by atoms with van der Waals surface area (Å²) in [6.45, 7) is 3.49. The van der Waals surface area contributed by atoms with Crippen LogP contribution in [-0.2, 0) is 6.54 Å². The van der Waals surface area contributed by atoms with Gasteiger partial charge in [0.2, 0.25) is 0 Å². The van der Waals surface area contributed by atoms with Gasteiger partial charge in [-0.3, -0.25) is 0 Å². The van der Waals surface area contributed by atoms with Gasteiger partial charge in [0.25, 0.3) is 0 Å². The highest BCUT2D eigenvalue weighted by Gasteiger charge is 2.52. The van der Waals surface area contributed by atoms with Crippen LogP contribution < -0.4 is 5.32 Å². The predicted molar refractivity (Wildman–Crippen MR) is 95.1 cm³/mol. The molecule has 120 valence electrons. The zero-order valence-electron chi connectivity index (χ0n) is 14.0. The van der Waals surface area contributed by atoms with Gasteiger partial charge in [-0.1, -0.05) is 12.1 Å². The van der Waals surface area contributed by atoms with Crippen LogP contribution in [0.5, 0.6) is 0 Å². The van der Waals surface area contributed by atoms with Crippen molar-refractivity contribution in [3.8, 4) is 0 Å². The largest absolute Gasteiger partial charge is 0.310 e. The van der Waals surface area contributed by atoms with Gasteiger partial charge in [-0.15, -0.1) is 11.8 Å². The van der Waals surface area contributed by atoms with Crippen molar-refractivity contribution >= 4 is 11.8 Å². The smallest absolute Gasteiger partial charge is 0.0208 e. The average molecular weight is 316 g/mol. The summed E-state index contributed by atoms with van der Waals surface area (Å²) in [5, 5.41) is 3.89. The first-order chi connectivity index (χ1) is 10.7. The van der Waals surface area contributed by atoms with Gasteiger partial charge in [-0.25, -0.2) is 0 Å². The van der Waals surface area contributed by atoms with Crippen LogP contribution >= 0.6 is 11.8 Å². The number of hydrogen-bond acceptors (Lipinski definition) is 2. The van der Waals surface area contributed by atoms with E-state index in [1.807, 2.05) is 11.8 Å². The number of nitrogens with one attached hydrogen (secondary N) is 1. The highest BCUT2D eigenvalue weighted by atomic mass is 32.2. The zero-order chi connectivity index (χ0) is 15.2. The van der Waals surface area contributed by atoms with E-state index in [1.54, 1.807) is 19.3 Å². The molecule has 0 heterocycles. The van der Waals surface area contributed by atoms with Gasteiger partial charge in [-0.2, -0.15) is 0 Å². The lowest BCUT2D eigenvalue weighted by atomic mass is 9.48. The van der Waals surface area contributed by atoms with Crippen molar-refractivity contribution in [2.75, 3.05) is 6.26 Å². The highest BCUT2D eigenvalue weighted by molar-refractivity contribution is 7.98. The van der Waals surface area contributed by atoms with Crippen LogP contribution in [0.15, 0.2) is 29.2 Å². The minimum atomic E-state index is 0.619. The van der Waals surface area contributed by atoms with Gasteiger partial charge >= 0.3 is 0 Å². The van der Waals surface area contributed by atoms with E-state index in [2.05, 4.69) is 42.8 Å². The van der Waals surface area contributed by atoms with Crippen molar-refractivity contribution in [3.05, 3.63) is 29.8 Å². The summed E-state index contributed by atoms with van der Waals surface area (Å²) >= 11 is 1.82. The maximum atomic E-state index is 3.89. The van der Waals surface area contributed by atoms with Crippen molar-refractivity contribution in [1.82, 2.24) is 5.32 Å². The quantitative estimate of drug-likeness (QED) is 0.758. The van der Waals surface area contributed by atoms with Gasteiger partial charge in [0.1, 0.15) is 0 Å². The molecule has 0 aromatic heterocycles. The van der Waals surface area contributed by atoms with E-state index in [1.165, 1.54) is 29.7 Å². The van der Waals surface area contributed by atoms with Gasteiger partial charge in [0.05, 0.1) is 0 Å². The Hall–Kier alpha value is -0.470. The summed E-state index contributed by atoms with van der Waals surface area (Å²) in [5.41, 5.74) is 2.04. The number of thioether (sulfide) groups is 1. The first-order valence-corrected chi connectivity index (χ1v) is 10.3. The van der Waals surface area contributed by atoms with Crippen LogP contribution in [0.2, 0.25) is 0 Å². The summed E-state index contributed by atoms with van der Waals surface area (Å²) < 4.78 is 0. The third kappa shape index (κ3) is 2.73. The second kappa shape index (κ2) is 5.87. The second-order valence-corrected chi connectivity index (χ2v) is 9.11. The lowest BCUT2D eigenvalue weighted by Crippen LogP contribution is -2.54. The molecule has 22 heavy (non-hydrogen) atoms. The molecule has 0 unspecified atom stereocenters. The average Bonchev–Trinajstić information content (AvgIpc) is 2.51. The highest BCUT2D eigenvalue weighted by Crippen LogP contribution is 2.61. The maximum absolute atomic E-state index is 3.89. The van der Waals surface area contributed by atoms with E-state index in [4.69, 9.17) is 0 Å². The van der Waals surface area contributed by atoms with Crippen LogP contribution in [0.3, 0.4) is 0 Å². The van der Waals surface area contributed by atoms with Gasteiger partial charge in [-0.05, 0) is 92.6 Å². The fourth-order valence-corrected chi connectivity index (χ4v) is 6.35. The molecule has 0 radical (unpaired) electrons. The molecule has 1 aromatic rings. The molecule has 1 atom stereocenters. The predicted octanol–water partition coefficient (Wildman–Crippen LogP) is 5.10. The Kier molecular flexibility index (Phi) is 4.02. The molecule has 5 rings (SSSR count). The maximum Gasteiger partial charge on any atom is 0.0208 e. The molecular weight excluding hydrogens is 286 g/mol. The van der Waals surface area contributed by atoms with Crippen molar-refractivity contribution < 1.29 is 0 Å². The molecule has 4 aliphatic rings. The second-order valence-electron chi connectivity index (χ2n) is 8.23. The van der Waals surface area contributed by atoms with Crippen LogP contribution in [-0.4, -0.2) is 12.3 Å². The molecule has 0 spiro atoms. The van der Waals surface area contributed by atoms with E-state index in [0.29, 0.717) is 11.5 Å². The van der Waals surface area contributed by atoms with Crippen LogP contribution in [0.4, 0.5) is 0 Å². The van der Waals surface area contributed by atoms with E-state index < -0.39 is 0 Å². The number of hydrogen-bond donors (Lipinski definition) is 1. The Balaban J connectivity index is 1.40. The topological polar surface area (TPSA) is 12.0 Å². The first kappa shape index (κ1) is 15.1. The molecule has 0 amide bonds. The fraction of sp³-hybridized carbons (Fsp3) is 0.700. The molecule has 0 aliphatic heterocycles. The Morgan fingerprint density at radius 2 is 1.59 bits per heavy atom. The van der Waals surface area contributed by atoms with E-state index in [9.17, 15) is 0 Å². The van der Waals surface area contributed by atoms with Gasteiger partial charge < -0.3 is 5.32 Å². The van der Waals surface area contributed by atoms with E-state index in [0.717, 1.165) is 24.3 Å². The molecule has 4 saturated carbocycles. The van der Waals surface area contributed by atoms with Crippen molar-refractivity contribution in [2.45, 2.75) is 62.9 Å². The molecule has 1 N–H and O–H groups in total. The fourth-order valence-electron chi connectivity index (χ4n) is 5.94. The van der Waals surface area contributed by atoms with Crippen LogP contribution in [0, 0.1) is 23.2 Å². The molecule has 1 aromatic carbocycles. The van der Waals surface area contributed by atoms with Gasteiger partial charge in [0, 0.05) is 17.5 Å². The summed E-state index contributed by atoms with van der Waals surface area (Å²) in [4.78, 5) is 1.36. The third-order valence-electron chi connectivity index (χ3n) is 6.78. The minimum absolute atomic E-state index is 0.619. The normalized spacial score (nSPS) is 37.5. The molecular formula is C20H29NS. The zero-order valence-corrected chi connectivity index (χ0v) is 14.8. The van der Waals surface area contributed by atoms with E-state index in [-0.39, 0.29) is 0 Å². The molecule has 2 heteroatoms. The van der Waals surface area contributed by atoms with Crippen LogP contribution in [0.25, 0.3) is 0 Å². The van der Waals surface area contributed by atoms with Gasteiger partial charge in [0.15, 0.2) is 0 Å². The molecule has 0 saturated heterocycles.